The molecule has 0 aliphatic heterocycles. The van der Waals surface area contributed by atoms with Gasteiger partial charge in [0.1, 0.15) is 0 Å². The van der Waals surface area contributed by atoms with Crippen LogP contribution in [0.2, 0.25) is 0 Å². The fraction of sp³-hybridized carbons (Fsp3) is 0.600. The lowest BCUT2D eigenvalue weighted by Crippen LogP contribution is -2.38. The van der Waals surface area contributed by atoms with Gasteiger partial charge in [-0.05, 0) is 6.92 Å². The van der Waals surface area contributed by atoms with Gasteiger partial charge in [-0.25, -0.2) is 0 Å². The van der Waals surface area contributed by atoms with Crippen molar-refractivity contribution >= 4 is 11.6 Å². The van der Waals surface area contributed by atoms with Crippen LogP contribution in [0.3, 0.4) is 0 Å². The number of nitrogens with two attached hydrogens (primary N) is 1. The molecule has 0 saturated heterocycles. The summed E-state index contributed by atoms with van der Waals surface area (Å²) < 4.78 is 6.52. The molecule has 0 aliphatic carbocycles. The zero-order chi connectivity index (χ0) is 12.3. The van der Waals surface area contributed by atoms with Crippen LogP contribution in [0.25, 0.3) is 0 Å². The Morgan fingerprint density at radius 3 is 2.81 bits per heavy atom. The lowest BCUT2D eigenvalue weighted by molar-refractivity contribution is 0.0628. The number of carbonyl (C=O) groups is 1. The normalized spacial score (nSPS) is 12.5. The lowest BCUT2D eigenvalue weighted by atomic mass is 10.2. The summed E-state index contributed by atoms with van der Waals surface area (Å²) in [6.45, 7) is 2.38. The van der Waals surface area contributed by atoms with Gasteiger partial charge in [-0.2, -0.15) is 5.10 Å². The van der Waals surface area contributed by atoms with E-state index in [0.717, 1.165) is 0 Å². The van der Waals surface area contributed by atoms with Crippen LogP contribution in [0.15, 0.2) is 6.20 Å². The minimum atomic E-state index is -0.192. The van der Waals surface area contributed by atoms with Crippen molar-refractivity contribution in [3.05, 3.63) is 11.9 Å². The Morgan fingerprint density at radius 2 is 2.38 bits per heavy atom. The maximum absolute atomic E-state index is 12.0. The molecular weight excluding hydrogens is 208 g/mol. The Hall–Kier alpha value is -1.56. The number of likely N-dealkylation sites (N-methyl/N-ethyl adjacent to an activating group) is 1. The number of hydrogen-bond donors (Lipinski definition) is 1. The molecule has 1 aromatic rings. The van der Waals surface area contributed by atoms with Crippen molar-refractivity contribution < 1.29 is 9.53 Å². The van der Waals surface area contributed by atoms with Gasteiger partial charge in [-0.15, -0.1) is 0 Å². The molecule has 16 heavy (non-hydrogen) atoms. The second kappa shape index (κ2) is 4.98. The number of nitrogens with zero attached hydrogens (tertiary/aromatic N) is 3. The molecule has 0 spiro atoms. The number of anilines is 1. The summed E-state index contributed by atoms with van der Waals surface area (Å²) in [5.74, 6) is -0.192. The second-order valence-corrected chi connectivity index (χ2v) is 3.83. The van der Waals surface area contributed by atoms with Crippen molar-refractivity contribution in [2.75, 3.05) is 26.5 Å². The van der Waals surface area contributed by atoms with Crippen molar-refractivity contribution in [2.45, 2.75) is 13.0 Å². The van der Waals surface area contributed by atoms with E-state index in [-0.39, 0.29) is 17.6 Å². The van der Waals surface area contributed by atoms with Crippen molar-refractivity contribution in [1.29, 1.82) is 0 Å². The molecule has 1 heterocycles. The van der Waals surface area contributed by atoms with Crippen molar-refractivity contribution in [1.82, 2.24) is 14.7 Å². The van der Waals surface area contributed by atoms with Gasteiger partial charge < -0.3 is 15.4 Å². The molecule has 1 unspecified atom stereocenters. The van der Waals surface area contributed by atoms with E-state index in [2.05, 4.69) is 5.10 Å². The Morgan fingerprint density at radius 1 is 1.75 bits per heavy atom. The minimum absolute atomic E-state index is 0.0149. The highest BCUT2D eigenvalue weighted by atomic mass is 16.5. The zero-order valence-corrected chi connectivity index (χ0v) is 10.1. The third kappa shape index (κ3) is 2.52. The summed E-state index contributed by atoms with van der Waals surface area (Å²) in [6.07, 6.45) is 1.61. The number of amides is 1. The first-order chi connectivity index (χ1) is 7.47. The summed E-state index contributed by atoms with van der Waals surface area (Å²) in [5, 5.41) is 4.03. The number of rotatable bonds is 4. The molecule has 0 fully saturated rings. The lowest BCUT2D eigenvalue weighted by Gasteiger charge is -2.23. The van der Waals surface area contributed by atoms with E-state index in [1.54, 1.807) is 32.3 Å². The number of hydrogen-bond acceptors (Lipinski definition) is 4. The van der Waals surface area contributed by atoms with Crippen LogP contribution in [0.4, 0.5) is 5.69 Å². The van der Waals surface area contributed by atoms with Gasteiger partial charge in [-0.3, -0.25) is 9.48 Å². The zero-order valence-electron chi connectivity index (χ0n) is 10.1. The number of aromatic nitrogens is 2. The quantitative estimate of drug-likeness (QED) is 0.790. The standard InChI is InChI=1S/C10H18N4O2/c1-7(6-16-4)14(3)10(15)9-8(11)5-13(2)12-9/h5,7H,6,11H2,1-4H3. The molecule has 2 N–H and O–H groups in total. The Bertz CT molecular complexity index is 375. The Balaban J connectivity index is 2.81. The van der Waals surface area contributed by atoms with Gasteiger partial charge in [0, 0.05) is 27.4 Å². The van der Waals surface area contributed by atoms with Crippen LogP contribution in [-0.4, -0.2) is 47.4 Å². The molecule has 6 heteroatoms. The number of nitrogen functional groups attached to an aromatic ring is 1. The van der Waals surface area contributed by atoms with E-state index >= 15 is 0 Å². The Labute approximate surface area is 95.0 Å². The number of aryl methyl sites for hydroxylation is 1. The first-order valence-electron chi connectivity index (χ1n) is 5.02. The molecule has 1 rings (SSSR count). The Kier molecular flexibility index (Phi) is 3.89. The van der Waals surface area contributed by atoms with Crippen LogP contribution < -0.4 is 5.73 Å². The van der Waals surface area contributed by atoms with Gasteiger partial charge in [0.2, 0.25) is 0 Å². The predicted octanol–water partition coefficient (Wildman–Crippen LogP) is 0.109. The average Bonchev–Trinajstić information content (AvgIpc) is 2.56. The van der Waals surface area contributed by atoms with Gasteiger partial charge in [-0.1, -0.05) is 0 Å². The molecular formula is C10H18N4O2. The van der Waals surface area contributed by atoms with Crippen LogP contribution in [0.5, 0.6) is 0 Å². The maximum Gasteiger partial charge on any atom is 0.276 e. The largest absolute Gasteiger partial charge is 0.396 e. The first-order valence-corrected chi connectivity index (χ1v) is 5.02. The molecule has 0 radical (unpaired) electrons. The molecule has 1 atom stereocenters. The highest BCUT2D eigenvalue weighted by Gasteiger charge is 2.21. The summed E-state index contributed by atoms with van der Waals surface area (Å²) in [6, 6.07) is -0.0149. The summed E-state index contributed by atoms with van der Waals surface area (Å²) in [4.78, 5) is 13.6. The van der Waals surface area contributed by atoms with E-state index in [1.807, 2.05) is 6.92 Å². The molecule has 1 amide bonds. The predicted molar refractivity (Wildman–Crippen MR) is 61.1 cm³/mol. The topological polar surface area (TPSA) is 73.4 Å². The average molecular weight is 226 g/mol. The van der Waals surface area contributed by atoms with E-state index in [9.17, 15) is 4.79 Å². The fourth-order valence-corrected chi connectivity index (χ4v) is 1.39. The highest BCUT2D eigenvalue weighted by molar-refractivity contribution is 5.97. The third-order valence-electron chi connectivity index (χ3n) is 2.45. The van der Waals surface area contributed by atoms with Gasteiger partial charge in [0.05, 0.1) is 18.3 Å². The molecule has 0 saturated carbocycles. The van der Waals surface area contributed by atoms with Gasteiger partial charge in [0.15, 0.2) is 5.69 Å². The number of ether oxygens (including phenoxy) is 1. The monoisotopic (exact) mass is 226 g/mol. The summed E-state index contributed by atoms with van der Waals surface area (Å²) in [5.41, 5.74) is 6.37. The molecule has 6 nitrogen and oxygen atoms in total. The van der Waals surface area contributed by atoms with Crippen molar-refractivity contribution in [2.24, 2.45) is 7.05 Å². The van der Waals surface area contributed by atoms with Gasteiger partial charge >= 0.3 is 0 Å². The van der Waals surface area contributed by atoms with Crippen LogP contribution in [0.1, 0.15) is 17.4 Å². The number of methoxy groups -OCH3 is 1. The number of carbonyl (C=O) groups excluding carboxylic acids is 1. The molecule has 1 aromatic heterocycles. The SMILES string of the molecule is COCC(C)N(C)C(=O)c1nn(C)cc1N. The molecule has 0 aromatic carbocycles. The van der Waals surface area contributed by atoms with Crippen molar-refractivity contribution in [3.8, 4) is 0 Å². The second-order valence-electron chi connectivity index (χ2n) is 3.83. The molecule has 0 bridgehead atoms. The van der Waals surface area contributed by atoms with Crippen LogP contribution in [0, 0.1) is 0 Å². The highest BCUT2D eigenvalue weighted by Crippen LogP contribution is 2.12. The minimum Gasteiger partial charge on any atom is -0.396 e. The first kappa shape index (κ1) is 12.5. The summed E-state index contributed by atoms with van der Waals surface area (Å²) in [7, 11) is 5.04. The maximum atomic E-state index is 12.0. The molecule has 90 valence electrons. The van der Waals surface area contributed by atoms with E-state index in [4.69, 9.17) is 10.5 Å². The third-order valence-corrected chi connectivity index (χ3v) is 2.45. The van der Waals surface area contributed by atoms with E-state index in [1.165, 1.54) is 4.68 Å². The fourth-order valence-electron chi connectivity index (χ4n) is 1.39. The smallest absolute Gasteiger partial charge is 0.276 e. The van der Waals surface area contributed by atoms with E-state index in [0.29, 0.717) is 12.3 Å². The van der Waals surface area contributed by atoms with Crippen molar-refractivity contribution in [3.63, 3.8) is 0 Å². The summed E-state index contributed by atoms with van der Waals surface area (Å²) >= 11 is 0. The van der Waals surface area contributed by atoms with Crippen LogP contribution >= 0.6 is 0 Å². The molecule has 0 aliphatic rings. The van der Waals surface area contributed by atoms with Crippen LogP contribution in [-0.2, 0) is 11.8 Å². The van der Waals surface area contributed by atoms with E-state index < -0.39 is 0 Å². The van der Waals surface area contributed by atoms with Gasteiger partial charge in [0.25, 0.3) is 5.91 Å².